The Balaban J connectivity index is 2.03. The van der Waals surface area contributed by atoms with Crippen LogP contribution in [0, 0.1) is 0 Å². The highest BCUT2D eigenvalue weighted by atomic mass is 32.1. The highest BCUT2D eigenvalue weighted by molar-refractivity contribution is 7.08. The molecule has 0 spiro atoms. The third-order valence-corrected chi connectivity index (χ3v) is 3.08. The van der Waals surface area contributed by atoms with Gasteiger partial charge in [0.2, 0.25) is 0 Å². The third-order valence-electron chi connectivity index (χ3n) is 2.40. The predicted octanol–water partition coefficient (Wildman–Crippen LogP) is 1.18. The van der Waals surface area contributed by atoms with Crippen LogP contribution in [0.4, 0.5) is 0 Å². The number of thiophene rings is 1. The lowest BCUT2D eigenvalue weighted by molar-refractivity contribution is 0.0767. The van der Waals surface area contributed by atoms with Gasteiger partial charge in [-0.3, -0.25) is 4.79 Å². The van der Waals surface area contributed by atoms with E-state index in [0.29, 0.717) is 0 Å². The average molecular weight is 210 g/mol. The standard InChI is InChI=1S/C10H14N2OS/c13-10(9-2-7-14-8-9)12-5-1-3-11-4-6-12/h2,7-8,11H,1,3-6H2. The van der Waals surface area contributed by atoms with E-state index in [-0.39, 0.29) is 5.91 Å². The first-order chi connectivity index (χ1) is 6.88. The predicted molar refractivity (Wildman–Crippen MR) is 57.7 cm³/mol. The smallest absolute Gasteiger partial charge is 0.254 e. The summed E-state index contributed by atoms with van der Waals surface area (Å²) in [5.74, 6) is 0.176. The van der Waals surface area contributed by atoms with Crippen LogP contribution in [0.5, 0.6) is 0 Å². The fourth-order valence-corrected chi connectivity index (χ4v) is 2.25. The van der Waals surface area contributed by atoms with E-state index in [2.05, 4.69) is 5.32 Å². The first-order valence-electron chi connectivity index (χ1n) is 4.90. The van der Waals surface area contributed by atoms with E-state index in [1.54, 1.807) is 11.3 Å². The van der Waals surface area contributed by atoms with E-state index in [1.165, 1.54) is 0 Å². The van der Waals surface area contributed by atoms with E-state index < -0.39 is 0 Å². The monoisotopic (exact) mass is 210 g/mol. The van der Waals surface area contributed by atoms with Crippen molar-refractivity contribution in [3.63, 3.8) is 0 Å². The van der Waals surface area contributed by atoms with Gasteiger partial charge in [-0.25, -0.2) is 0 Å². The second-order valence-electron chi connectivity index (χ2n) is 3.41. The van der Waals surface area contributed by atoms with Crippen molar-refractivity contribution in [2.75, 3.05) is 26.2 Å². The molecule has 0 bridgehead atoms. The summed E-state index contributed by atoms with van der Waals surface area (Å²) in [6, 6.07) is 1.89. The number of carbonyl (C=O) groups excluding carboxylic acids is 1. The summed E-state index contributed by atoms with van der Waals surface area (Å²) < 4.78 is 0. The molecule has 0 atom stereocenters. The fraction of sp³-hybridized carbons (Fsp3) is 0.500. The maximum atomic E-state index is 11.9. The molecular formula is C10H14N2OS. The number of amides is 1. The molecule has 2 rings (SSSR count). The summed E-state index contributed by atoms with van der Waals surface area (Å²) in [7, 11) is 0. The van der Waals surface area contributed by atoms with Crippen molar-refractivity contribution < 1.29 is 4.79 Å². The molecule has 0 aromatic carbocycles. The number of rotatable bonds is 1. The van der Waals surface area contributed by atoms with Gasteiger partial charge in [0.25, 0.3) is 5.91 Å². The number of hydrogen-bond acceptors (Lipinski definition) is 3. The van der Waals surface area contributed by atoms with Crippen LogP contribution in [-0.2, 0) is 0 Å². The van der Waals surface area contributed by atoms with Gasteiger partial charge in [0.15, 0.2) is 0 Å². The molecule has 76 valence electrons. The maximum Gasteiger partial charge on any atom is 0.254 e. The first kappa shape index (κ1) is 9.68. The van der Waals surface area contributed by atoms with Crippen LogP contribution in [0.3, 0.4) is 0 Å². The molecule has 1 amide bonds. The average Bonchev–Trinajstić information content (AvgIpc) is 2.59. The van der Waals surface area contributed by atoms with Gasteiger partial charge in [-0.2, -0.15) is 11.3 Å². The maximum absolute atomic E-state index is 11.9. The van der Waals surface area contributed by atoms with Gasteiger partial charge >= 0.3 is 0 Å². The van der Waals surface area contributed by atoms with E-state index >= 15 is 0 Å². The second kappa shape index (κ2) is 4.57. The molecule has 1 aliphatic rings. The van der Waals surface area contributed by atoms with E-state index in [9.17, 15) is 4.79 Å². The van der Waals surface area contributed by atoms with E-state index in [0.717, 1.165) is 38.2 Å². The van der Waals surface area contributed by atoms with Crippen molar-refractivity contribution in [3.8, 4) is 0 Å². The molecule has 4 heteroatoms. The van der Waals surface area contributed by atoms with Gasteiger partial charge in [-0.1, -0.05) is 0 Å². The Morgan fingerprint density at radius 3 is 3.14 bits per heavy atom. The molecule has 1 fully saturated rings. The van der Waals surface area contributed by atoms with E-state index in [4.69, 9.17) is 0 Å². The highest BCUT2D eigenvalue weighted by Crippen LogP contribution is 2.10. The summed E-state index contributed by atoms with van der Waals surface area (Å²) in [5.41, 5.74) is 0.830. The Morgan fingerprint density at radius 2 is 2.36 bits per heavy atom. The van der Waals surface area contributed by atoms with Crippen LogP contribution in [0.1, 0.15) is 16.8 Å². The molecule has 0 saturated carbocycles. The van der Waals surface area contributed by atoms with Crippen molar-refractivity contribution in [2.24, 2.45) is 0 Å². The minimum absolute atomic E-state index is 0.176. The minimum Gasteiger partial charge on any atom is -0.337 e. The molecule has 1 aromatic heterocycles. The molecule has 1 aliphatic heterocycles. The van der Waals surface area contributed by atoms with Crippen molar-refractivity contribution in [1.29, 1.82) is 0 Å². The fourth-order valence-electron chi connectivity index (χ4n) is 1.62. The molecular weight excluding hydrogens is 196 g/mol. The zero-order valence-corrected chi connectivity index (χ0v) is 8.85. The summed E-state index contributed by atoms with van der Waals surface area (Å²) in [4.78, 5) is 13.9. The molecule has 2 heterocycles. The van der Waals surface area contributed by atoms with Crippen LogP contribution in [0.25, 0.3) is 0 Å². The molecule has 3 nitrogen and oxygen atoms in total. The van der Waals surface area contributed by atoms with Crippen LogP contribution in [0.15, 0.2) is 16.8 Å². The summed E-state index contributed by atoms with van der Waals surface area (Å²) in [6.07, 6.45) is 1.05. The summed E-state index contributed by atoms with van der Waals surface area (Å²) in [6.45, 7) is 3.64. The van der Waals surface area contributed by atoms with Crippen LogP contribution >= 0.6 is 11.3 Å². The molecule has 0 radical (unpaired) electrons. The van der Waals surface area contributed by atoms with Crippen LogP contribution in [0.2, 0.25) is 0 Å². The lowest BCUT2D eigenvalue weighted by Gasteiger charge is -2.18. The Kier molecular flexibility index (Phi) is 3.16. The quantitative estimate of drug-likeness (QED) is 0.755. The lowest BCUT2D eigenvalue weighted by atomic mass is 10.3. The normalized spacial score (nSPS) is 17.9. The molecule has 14 heavy (non-hydrogen) atoms. The van der Waals surface area contributed by atoms with Crippen molar-refractivity contribution in [2.45, 2.75) is 6.42 Å². The summed E-state index contributed by atoms with van der Waals surface area (Å²) >= 11 is 1.57. The molecule has 0 aliphatic carbocycles. The van der Waals surface area contributed by atoms with Gasteiger partial charge in [0.1, 0.15) is 0 Å². The van der Waals surface area contributed by atoms with Crippen LogP contribution in [-0.4, -0.2) is 37.0 Å². The molecule has 1 N–H and O–H groups in total. The van der Waals surface area contributed by atoms with E-state index in [1.807, 2.05) is 21.7 Å². The first-order valence-corrected chi connectivity index (χ1v) is 5.84. The Labute approximate surface area is 87.7 Å². The lowest BCUT2D eigenvalue weighted by Crippen LogP contribution is -2.33. The highest BCUT2D eigenvalue weighted by Gasteiger charge is 2.16. The van der Waals surface area contributed by atoms with Crippen LogP contribution < -0.4 is 5.32 Å². The van der Waals surface area contributed by atoms with Crippen molar-refractivity contribution in [1.82, 2.24) is 10.2 Å². The zero-order chi connectivity index (χ0) is 9.80. The number of nitrogens with zero attached hydrogens (tertiary/aromatic N) is 1. The van der Waals surface area contributed by atoms with Gasteiger partial charge < -0.3 is 10.2 Å². The topological polar surface area (TPSA) is 32.3 Å². The molecule has 1 aromatic rings. The number of nitrogens with one attached hydrogen (secondary N) is 1. The number of hydrogen-bond donors (Lipinski definition) is 1. The van der Waals surface area contributed by atoms with Gasteiger partial charge in [0, 0.05) is 25.0 Å². The Bertz CT molecular complexity index is 289. The summed E-state index contributed by atoms with van der Waals surface area (Å²) in [5, 5.41) is 7.15. The third kappa shape index (κ3) is 2.13. The SMILES string of the molecule is O=C(c1ccsc1)N1CCCNCC1. The minimum atomic E-state index is 0.176. The molecule has 1 saturated heterocycles. The van der Waals surface area contributed by atoms with Crippen molar-refractivity contribution >= 4 is 17.2 Å². The number of carbonyl (C=O) groups is 1. The Hall–Kier alpha value is -0.870. The van der Waals surface area contributed by atoms with Gasteiger partial charge in [-0.05, 0) is 24.4 Å². The zero-order valence-electron chi connectivity index (χ0n) is 8.03. The van der Waals surface area contributed by atoms with Crippen molar-refractivity contribution in [3.05, 3.63) is 22.4 Å². The molecule has 0 unspecified atom stereocenters. The second-order valence-corrected chi connectivity index (χ2v) is 4.19. The largest absolute Gasteiger partial charge is 0.337 e. The Morgan fingerprint density at radius 1 is 1.43 bits per heavy atom. The van der Waals surface area contributed by atoms with Gasteiger partial charge in [-0.15, -0.1) is 0 Å². The van der Waals surface area contributed by atoms with Gasteiger partial charge in [0.05, 0.1) is 5.56 Å².